The fraction of sp³-hybridized carbons (Fsp3) is 0.185. The van der Waals surface area contributed by atoms with Crippen LogP contribution in [-0.2, 0) is 6.42 Å². The summed E-state index contributed by atoms with van der Waals surface area (Å²) in [6, 6.07) is 25.5. The van der Waals surface area contributed by atoms with E-state index in [2.05, 4.69) is 17.4 Å². The van der Waals surface area contributed by atoms with Crippen LogP contribution in [0.2, 0.25) is 0 Å². The average molecular weight is 427 g/mol. The van der Waals surface area contributed by atoms with Crippen molar-refractivity contribution in [1.29, 1.82) is 0 Å². The highest BCUT2D eigenvalue weighted by Gasteiger charge is 2.15. The molecule has 0 radical (unpaired) electrons. The van der Waals surface area contributed by atoms with E-state index >= 15 is 0 Å². The van der Waals surface area contributed by atoms with Gasteiger partial charge in [-0.25, -0.2) is 4.98 Å². The Morgan fingerprint density at radius 1 is 0.875 bits per heavy atom. The van der Waals surface area contributed by atoms with Crippen LogP contribution in [0.25, 0.3) is 22.2 Å². The molecule has 0 aliphatic heterocycles. The van der Waals surface area contributed by atoms with Gasteiger partial charge in [0.05, 0.1) is 31.0 Å². The molecule has 5 nitrogen and oxygen atoms in total. The second-order valence-electron chi connectivity index (χ2n) is 7.49. The first-order valence-corrected chi connectivity index (χ1v) is 10.6. The number of nitrogens with one attached hydrogen (secondary N) is 1. The van der Waals surface area contributed by atoms with Crippen LogP contribution in [0, 0.1) is 0 Å². The molecular weight excluding hydrogens is 400 g/mol. The smallest absolute Gasteiger partial charge is 0.252 e. The molecule has 0 spiro atoms. The first-order valence-electron chi connectivity index (χ1n) is 10.6. The van der Waals surface area contributed by atoms with Gasteiger partial charge in [0.15, 0.2) is 11.5 Å². The number of hydrogen-bond acceptors (Lipinski definition) is 4. The molecule has 0 aliphatic carbocycles. The molecule has 0 atom stereocenters. The molecule has 0 unspecified atom stereocenters. The van der Waals surface area contributed by atoms with Gasteiger partial charge in [0.1, 0.15) is 0 Å². The highest BCUT2D eigenvalue weighted by atomic mass is 16.5. The van der Waals surface area contributed by atoms with Gasteiger partial charge >= 0.3 is 0 Å². The van der Waals surface area contributed by atoms with Crippen molar-refractivity contribution < 1.29 is 14.3 Å². The number of rotatable bonds is 8. The highest BCUT2D eigenvalue weighted by molar-refractivity contribution is 6.07. The molecule has 1 N–H and O–H groups in total. The van der Waals surface area contributed by atoms with Crippen LogP contribution in [0.3, 0.4) is 0 Å². The van der Waals surface area contributed by atoms with Crippen molar-refractivity contribution in [1.82, 2.24) is 10.3 Å². The maximum atomic E-state index is 13.1. The second-order valence-corrected chi connectivity index (χ2v) is 7.49. The van der Waals surface area contributed by atoms with Crippen molar-refractivity contribution in [3.8, 4) is 22.8 Å². The Kier molecular flexibility index (Phi) is 6.66. The lowest BCUT2D eigenvalue weighted by Crippen LogP contribution is -2.25. The molecular formula is C27H26N2O3. The maximum Gasteiger partial charge on any atom is 0.252 e. The number of benzene rings is 3. The van der Waals surface area contributed by atoms with E-state index in [0.29, 0.717) is 29.3 Å². The number of ether oxygens (including phenoxy) is 2. The standard InChI is InChI=1S/C27H26N2O3/c1-31-25-15-14-20(17-26(25)32-2)24-18-22(21-12-6-7-13-23(21)29-24)27(30)28-16-8-11-19-9-4-3-5-10-19/h3-7,9-10,12-15,17-18H,8,11,16H2,1-2H3,(H,28,30). The van der Waals surface area contributed by atoms with E-state index in [1.54, 1.807) is 14.2 Å². The Morgan fingerprint density at radius 2 is 1.62 bits per heavy atom. The Morgan fingerprint density at radius 3 is 2.41 bits per heavy atom. The molecule has 0 bridgehead atoms. The van der Waals surface area contributed by atoms with Crippen LogP contribution in [-0.4, -0.2) is 31.7 Å². The summed E-state index contributed by atoms with van der Waals surface area (Å²) in [6.45, 7) is 0.607. The van der Waals surface area contributed by atoms with E-state index in [1.165, 1.54) is 5.56 Å². The van der Waals surface area contributed by atoms with Crippen molar-refractivity contribution in [3.63, 3.8) is 0 Å². The lowest BCUT2D eigenvalue weighted by atomic mass is 10.0. The summed E-state index contributed by atoms with van der Waals surface area (Å²) in [5.74, 6) is 1.17. The summed E-state index contributed by atoms with van der Waals surface area (Å²) in [6.07, 6.45) is 1.80. The van der Waals surface area contributed by atoms with Gasteiger partial charge in [0, 0.05) is 17.5 Å². The van der Waals surface area contributed by atoms with Crippen molar-refractivity contribution in [2.45, 2.75) is 12.8 Å². The molecule has 0 fully saturated rings. The van der Waals surface area contributed by atoms with E-state index in [4.69, 9.17) is 14.5 Å². The molecule has 5 heteroatoms. The predicted molar refractivity (Wildman–Crippen MR) is 127 cm³/mol. The van der Waals surface area contributed by atoms with Gasteiger partial charge < -0.3 is 14.8 Å². The summed E-state index contributed by atoms with van der Waals surface area (Å²) in [7, 11) is 3.20. The minimum Gasteiger partial charge on any atom is -0.493 e. The summed E-state index contributed by atoms with van der Waals surface area (Å²) < 4.78 is 10.8. The molecule has 1 amide bonds. The van der Waals surface area contributed by atoms with Gasteiger partial charge in [-0.3, -0.25) is 4.79 Å². The van der Waals surface area contributed by atoms with Crippen LogP contribution < -0.4 is 14.8 Å². The minimum atomic E-state index is -0.0987. The Bertz CT molecular complexity index is 1220. The van der Waals surface area contributed by atoms with Gasteiger partial charge in [-0.2, -0.15) is 0 Å². The fourth-order valence-electron chi connectivity index (χ4n) is 3.74. The lowest BCUT2D eigenvalue weighted by Gasteiger charge is -2.12. The molecule has 4 aromatic rings. The van der Waals surface area contributed by atoms with Crippen molar-refractivity contribution in [2.75, 3.05) is 20.8 Å². The number of amides is 1. The topological polar surface area (TPSA) is 60.5 Å². The van der Waals surface area contributed by atoms with Crippen molar-refractivity contribution in [2.24, 2.45) is 0 Å². The maximum absolute atomic E-state index is 13.1. The molecule has 0 aliphatic rings. The first kappa shape index (κ1) is 21.4. The number of aryl methyl sites for hydroxylation is 1. The van der Waals surface area contributed by atoms with Crippen LogP contribution in [0.5, 0.6) is 11.5 Å². The third kappa shape index (κ3) is 4.72. The molecule has 32 heavy (non-hydrogen) atoms. The van der Waals surface area contributed by atoms with Gasteiger partial charge in [-0.05, 0) is 48.7 Å². The molecule has 3 aromatic carbocycles. The summed E-state index contributed by atoms with van der Waals surface area (Å²) in [4.78, 5) is 17.9. The Balaban J connectivity index is 1.59. The number of aromatic nitrogens is 1. The van der Waals surface area contributed by atoms with Crippen molar-refractivity contribution in [3.05, 3.63) is 90.0 Å². The summed E-state index contributed by atoms with van der Waals surface area (Å²) in [5.41, 5.74) is 4.21. The van der Waals surface area contributed by atoms with Gasteiger partial charge in [-0.1, -0.05) is 48.5 Å². The number of para-hydroxylation sites is 1. The number of carbonyl (C=O) groups is 1. The summed E-state index contributed by atoms with van der Waals surface area (Å²) >= 11 is 0. The zero-order valence-corrected chi connectivity index (χ0v) is 18.3. The van der Waals surface area contributed by atoms with Crippen LogP contribution in [0.15, 0.2) is 78.9 Å². The van der Waals surface area contributed by atoms with Crippen LogP contribution in [0.4, 0.5) is 0 Å². The quantitative estimate of drug-likeness (QED) is 0.389. The highest BCUT2D eigenvalue weighted by Crippen LogP contribution is 2.33. The fourth-order valence-corrected chi connectivity index (χ4v) is 3.74. The number of carbonyl (C=O) groups excluding carboxylic acids is 1. The SMILES string of the molecule is COc1ccc(-c2cc(C(=O)NCCCc3ccccc3)c3ccccc3n2)cc1OC. The Hall–Kier alpha value is -3.86. The van der Waals surface area contributed by atoms with E-state index < -0.39 is 0 Å². The van der Waals surface area contributed by atoms with E-state index in [-0.39, 0.29) is 5.91 Å². The van der Waals surface area contributed by atoms with E-state index in [9.17, 15) is 4.79 Å². The van der Waals surface area contributed by atoms with E-state index in [1.807, 2.05) is 66.7 Å². The number of nitrogens with zero attached hydrogens (tertiary/aromatic N) is 1. The van der Waals surface area contributed by atoms with Crippen molar-refractivity contribution >= 4 is 16.8 Å². The average Bonchev–Trinajstić information content (AvgIpc) is 2.86. The first-order chi connectivity index (χ1) is 15.7. The van der Waals surface area contributed by atoms with Gasteiger partial charge in [0.25, 0.3) is 5.91 Å². The molecule has 1 heterocycles. The molecule has 162 valence electrons. The number of pyridine rings is 1. The molecule has 0 saturated heterocycles. The third-order valence-corrected chi connectivity index (χ3v) is 5.41. The normalized spacial score (nSPS) is 10.7. The number of methoxy groups -OCH3 is 2. The lowest BCUT2D eigenvalue weighted by molar-refractivity contribution is 0.0955. The third-order valence-electron chi connectivity index (χ3n) is 5.41. The number of hydrogen-bond donors (Lipinski definition) is 1. The zero-order valence-electron chi connectivity index (χ0n) is 18.3. The molecule has 0 saturated carbocycles. The largest absolute Gasteiger partial charge is 0.493 e. The van der Waals surface area contributed by atoms with Crippen LogP contribution >= 0.6 is 0 Å². The van der Waals surface area contributed by atoms with E-state index in [0.717, 1.165) is 29.3 Å². The van der Waals surface area contributed by atoms with Gasteiger partial charge in [0.2, 0.25) is 0 Å². The predicted octanol–water partition coefficient (Wildman–Crippen LogP) is 5.28. The summed E-state index contributed by atoms with van der Waals surface area (Å²) in [5, 5.41) is 3.90. The monoisotopic (exact) mass is 426 g/mol. The Labute approximate surface area is 188 Å². The minimum absolute atomic E-state index is 0.0987. The van der Waals surface area contributed by atoms with Crippen LogP contribution in [0.1, 0.15) is 22.3 Å². The number of fused-ring (bicyclic) bond motifs is 1. The van der Waals surface area contributed by atoms with Gasteiger partial charge in [-0.15, -0.1) is 0 Å². The second kappa shape index (κ2) is 9.96. The zero-order chi connectivity index (χ0) is 22.3. The molecule has 1 aromatic heterocycles. The molecule has 4 rings (SSSR count).